The molecule has 0 fully saturated rings. The van der Waals surface area contributed by atoms with Crippen molar-refractivity contribution in [2.75, 3.05) is 11.1 Å². The summed E-state index contributed by atoms with van der Waals surface area (Å²) in [6.07, 6.45) is 3.14. The van der Waals surface area contributed by atoms with Gasteiger partial charge in [-0.2, -0.15) is 9.97 Å². The molecule has 4 N–H and O–H groups in total. The molecule has 25 heavy (non-hydrogen) atoms. The van der Waals surface area contributed by atoms with E-state index in [-0.39, 0.29) is 35.7 Å². The smallest absolute Gasteiger partial charge is 0.328 e. The molecule has 0 aromatic carbocycles. The van der Waals surface area contributed by atoms with E-state index in [1.165, 1.54) is 17.6 Å². The molecule has 8 nitrogen and oxygen atoms in total. The lowest BCUT2D eigenvalue weighted by Crippen LogP contribution is -2.24. The zero-order valence-electron chi connectivity index (χ0n) is 14.1. The van der Waals surface area contributed by atoms with E-state index in [2.05, 4.69) is 20.3 Å². The molecule has 132 valence electrons. The lowest BCUT2D eigenvalue weighted by Gasteiger charge is -2.19. The number of nitrogens with one attached hydrogen (secondary N) is 2. The highest BCUT2D eigenvalue weighted by molar-refractivity contribution is 5.96. The van der Waals surface area contributed by atoms with E-state index in [0.717, 1.165) is 0 Å². The van der Waals surface area contributed by atoms with Gasteiger partial charge < -0.3 is 16.0 Å². The maximum atomic E-state index is 14.2. The quantitative estimate of drug-likeness (QED) is 0.777. The van der Waals surface area contributed by atoms with E-state index in [4.69, 9.17) is 5.73 Å². The first-order valence-electron chi connectivity index (χ1n) is 7.90. The third kappa shape index (κ3) is 3.04. The fourth-order valence-electron chi connectivity index (χ4n) is 2.76. The summed E-state index contributed by atoms with van der Waals surface area (Å²) in [7, 11) is 0. The number of nitrogen functional groups attached to an aromatic ring is 1. The number of allylic oxidation sites excluding steroid dienone is 2. The summed E-state index contributed by atoms with van der Waals surface area (Å²) in [5.41, 5.74) is 6.61. The lowest BCUT2D eigenvalue weighted by atomic mass is 10.00. The number of aromatic amines is 1. The number of nitrogens with two attached hydrogens (primary N) is 1. The van der Waals surface area contributed by atoms with Crippen LogP contribution in [-0.4, -0.2) is 31.3 Å². The molecule has 1 aliphatic carbocycles. The molecule has 0 bridgehead atoms. The van der Waals surface area contributed by atoms with Gasteiger partial charge in [-0.05, 0) is 33.3 Å². The third-order valence-corrected chi connectivity index (χ3v) is 4.02. The minimum absolute atomic E-state index is 0.101. The van der Waals surface area contributed by atoms with Crippen LogP contribution in [0.15, 0.2) is 28.3 Å². The van der Waals surface area contributed by atoms with Crippen molar-refractivity contribution in [2.45, 2.75) is 39.3 Å². The molecular formula is C16H19FN6O2. The van der Waals surface area contributed by atoms with Gasteiger partial charge in [-0.1, -0.05) is 6.08 Å². The number of imidazole rings is 1. The molecule has 0 spiro atoms. The van der Waals surface area contributed by atoms with Crippen molar-refractivity contribution in [3.05, 3.63) is 34.0 Å². The molecule has 3 rings (SSSR count). The fraction of sp³-hybridized carbons (Fsp3) is 0.375. The van der Waals surface area contributed by atoms with E-state index >= 15 is 0 Å². The number of aromatic nitrogens is 4. The number of fused-ring (bicyclic) bond motifs is 1. The average Bonchev–Trinajstić information content (AvgIpc) is 2.86. The first-order valence-corrected chi connectivity index (χ1v) is 7.90. The fourth-order valence-corrected chi connectivity index (χ4v) is 2.76. The van der Waals surface area contributed by atoms with E-state index in [9.17, 15) is 14.0 Å². The molecule has 2 heterocycles. The van der Waals surface area contributed by atoms with Crippen molar-refractivity contribution < 1.29 is 9.18 Å². The first-order chi connectivity index (χ1) is 11.8. The van der Waals surface area contributed by atoms with Gasteiger partial charge >= 0.3 is 5.69 Å². The third-order valence-electron chi connectivity index (χ3n) is 4.02. The van der Waals surface area contributed by atoms with Crippen LogP contribution in [0.1, 0.15) is 33.2 Å². The van der Waals surface area contributed by atoms with Gasteiger partial charge in [-0.15, -0.1) is 0 Å². The van der Waals surface area contributed by atoms with Crippen LogP contribution >= 0.6 is 0 Å². The Balaban J connectivity index is 1.96. The number of carbonyl (C=O) groups is 1. The second-order valence-electron chi connectivity index (χ2n) is 6.20. The molecule has 1 aliphatic rings. The SMILES string of the molecule is CC(=O)C1=CCC(Nc2nc(N)c3[nH]c(=O)n(C(C)C)c3n2)C(F)=C1. The van der Waals surface area contributed by atoms with Crippen molar-refractivity contribution in [1.29, 1.82) is 0 Å². The van der Waals surface area contributed by atoms with Crippen LogP contribution in [0.3, 0.4) is 0 Å². The van der Waals surface area contributed by atoms with E-state index in [1.54, 1.807) is 6.08 Å². The van der Waals surface area contributed by atoms with Crippen LogP contribution in [0.2, 0.25) is 0 Å². The number of hydrogen-bond acceptors (Lipinski definition) is 6. The second kappa shape index (κ2) is 6.15. The number of Topliss-reactive ketones (excluding diaryl/α,β-unsaturated/α-hetero) is 1. The summed E-state index contributed by atoms with van der Waals surface area (Å²) in [4.78, 5) is 34.4. The molecule has 0 saturated carbocycles. The van der Waals surface area contributed by atoms with Crippen LogP contribution in [-0.2, 0) is 4.79 Å². The van der Waals surface area contributed by atoms with E-state index in [0.29, 0.717) is 16.7 Å². The summed E-state index contributed by atoms with van der Waals surface area (Å²) in [5.74, 6) is -0.454. The summed E-state index contributed by atoms with van der Waals surface area (Å²) in [6, 6.07) is -0.825. The van der Waals surface area contributed by atoms with Crippen LogP contribution in [0.4, 0.5) is 16.2 Å². The van der Waals surface area contributed by atoms with Gasteiger partial charge in [0.2, 0.25) is 5.95 Å². The predicted octanol–water partition coefficient (Wildman–Crippen LogP) is 1.84. The number of ketones is 1. The molecule has 9 heteroatoms. The monoisotopic (exact) mass is 346 g/mol. The predicted molar refractivity (Wildman–Crippen MR) is 92.9 cm³/mol. The number of rotatable bonds is 4. The molecule has 0 radical (unpaired) electrons. The molecular weight excluding hydrogens is 327 g/mol. The summed E-state index contributed by atoms with van der Waals surface area (Å²) in [6.45, 7) is 5.08. The van der Waals surface area contributed by atoms with Crippen molar-refractivity contribution in [2.24, 2.45) is 0 Å². The van der Waals surface area contributed by atoms with Crippen molar-refractivity contribution in [1.82, 2.24) is 19.5 Å². The van der Waals surface area contributed by atoms with Gasteiger partial charge in [0.05, 0.1) is 6.04 Å². The molecule has 2 aromatic heterocycles. The molecule has 2 aromatic rings. The van der Waals surface area contributed by atoms with Crippen LogP contribution in [0.25, 0.3) is 11.2 Å². The van der Waals surface area contributed by atoms with Crippen LogP contribution in [0.5, 0.6) is 0 Å². The minimum Gasteiger partial charge on any atom is -0.382 e. The number of halogens is 1. The number of carbonyl (C=O) groups excluding carboxylic acids is 1. The Morgan fingerprint density at radius 3 is 2.80 bits per heavy atom. The lowest BCUT2D eigenvalue weighted by molar-refractivity contribution is -0.113. The Bertz CT molecular complexity index is 969. The molecule has 1 unspecified atom stereocenters. The van der Waals surface area contributed by atoms with Crippen molar-refractivity contribution >= 4 is 28.7 Å². The summed E-state index contributed by atoms with van der Waals surface area (Å²) in [5, 5.41) is 2.87. The Hall–Kier alpha value is -2.97. The molecule has 1 atom stereocenters. The second-order valence-corrected chi connectivity index (χ2v) is 6.20. The van der Waals surface area contributed by atoms with E-state index in [1.807, 2.05) is 13.8 Å². The maximum absolute atomic E-state index is 14.2. The van der Waals surface area contributed by atoms with Crippen molar-refractivity contribution in [3.8, 4) is 0 Å². The average molecular weight is 346 g/mol. The van der Waals surface area contributed by atoms with Gasteiger partial charge in [0, 0.05) is 11.6 Å². The minimum atomic E-state index is -0.696. The molecule has 0 aliphatic heterocycles. The number of H-pyrrole nitrogens is 1. The van der Waals surface area contributed by atoms with Gasteiger partial charge in [0.1, 0.15) is 11.3 Å². The topological polar surface area (TPSA) is 119 Å². The van der Waals surface area contributed by atoms with Crippen LogP contribution < -0.4 is 16.7 Å². The highest BCUT2D eigenvalue weighted by Gasteiger charge is 2.22. The Morgan fingerprint density at radius 2 is 2.20 bits per heavy atom. The Morgan fingerprint density at radius 1 is 1.48 bits per heavy atom. The number of nitrogens with zero attached hydrogens (tertiary/aromatic N) is 3. The van der Waals surface area contributed by atoms with Crippen molar-refractivity contribution in [3.63, 3.8) is 0 Å². The summed E-state index contributed by atoms with van der Waals surface area (Å²) >= 11 is 0. The zero-order chi connectivity index (χ0) is 18.3. The summed E-state index contributed by atoms with van der Waals surface area (Å²) < 4.78 is 15.7. The highest BCUT2D eigenvalue weighted by atomic mass is 19.1. The Labute approximate surface area is 142 Å². The highest BCUT2D eigenvalue weighted by Crippen LogP contribution is 2.24. The van der Waals surface area contributed by atoms with Crippen LogP contribution in [0, 0.1) is 0 Å². The number of hydrogen-bond donors (Lipinski definition) is 3. The number of anilines is 2. The standard InChI is InChI=1S/C16H19FN6O2/c1-7(2)23-14-12(20-16(23)25)13(18)21-15(22-14)19-11-5-4-9(8(3)24)6-10(11)17/h4,6-7,11H,5H2,1-3H3,(H,20,25)(H3,18,19,21,22). The molecule has 0 saturated heterocycles. The van der Waals surface area contributed by atoms with Gasteiger partial charge in [-0.25, -0.2) is 9.18 Å². The van der Waals surface area contributed by atoms with Gasteiger partial charge in [0.15, 0.2) is 17.2 Å². The van der Waals surface area contributed by atoms with E-state index < -0.39 is 11.9 Å². The molecule has 0 amide bonds. The zero-order valence-corrected chi connectivity index (χ0v) is 14.1. The Kier molecular flexibility index (Phi) is 4.15. The normalized spacial score (nSPS) is 17.6. The maximum Gasteiger partial charge on any atom is 0.328 e. The largest absolute Gasteiger partial charge is 0.382 e. The van der Waals surface area contributed by atoms with Gasteiger partial charge in [0.25, 0.3) is 0 Å². The first kappa shape index (κ1) is 16.9. The van der Waals surface area contributed by atoms with Gasteiger partial charge in [-0.3, -0.25) is 9.36 Å².